The monoisotopic (exact) mass is 281 g/mol. The van der Waals surface area contributed by atoms with Gasteiger partial charge in [0.2, 0.25) is 12.4 Å². The second kappa shape index (κ2) is 4.10. The third-order valence-corrected chi connectivity index (χ3v) is 3.89. The Morgan fingerprint density at radius 3 is 2.65 bits per heavy atom. The third-order valence-electron chi connectivity index (χ3n) is 3.89. The minimum Gasteiger partial charge on any atom is -0.367 e. The first-order chi connectivity index (χ1) is 9.51. The van der Waals surface area contributed by atoms with Crippen LogP contribution in [0, 0.1) is 17.1 Å². The smallest absolute Gasteiger partial charge is 0.249 e. The summed E-state index contributed by atoms with van der Waals surface area (Å²) >= 11 is 0. The van der Waals surface area contributed by atoms with E-state index < -0.39 is 23.2 Å². The predicted octanol–water partition coefficient (Wildman–Crippen LogP) is 2.01. The third kappa shape index (κ3) is 1.43. The Labute approximate surface area is 111 Å². The Kier molecular flexibility index (Phi) is 2.61. The van der Waals surface area contributed by atoms with Gasteiger partial charge in [-0.25, -0.2) is 22.7 Å². The molecule has 0 spiro atoms. The van der Waals surface area contributed by atoms with Gasteiger partial charge in [0, 0.05) is 0 Å². The largest absolute Gasteiger partial charge is 0.367 e. The van der Waals surface area contributed by atoms with E-state index in [4.69, 9.17) is 11.0 Å². The van der Waals surface area contributed by atoms with Crippen LogP contribution in [0.4, 0.5) is 19.1 Å². The van der Waals surface area contributed by atoms with Crippen molar-refractivity contribution in [3.8, 4) is 6.07 Å². The first kappa shape index (κ1) is 12.7. The number of nitrogens with zero attached hydrogens (tertiary/aromatic N) is 4. The summed E-state index contributed by atoms with van der Waals surface area (Å²) in [6, 6.07) is 1.66. The van der Waals surface area contributed by atoms with Gasteiger partial charge in [0.1, 0.15) is 17.1 Å². The van der Waals surface area contributed by atoms with E-state index in [0.29, 0.717) is 6.42 Å². The molecule has 1 fully saturated rings. The number of halogens is 3. The molecule has 1 aliphatic rings. The zero-order chi connectivity index (χ0) is 14.5. The maximum atomic E-state index is 14.2. The predicted molar refractivity (Wildman–Crippen MR) is 63.6 cm³/mol. The Balaban J connectivity index is 2.40. The van der Waals surface area contributed by atoms with Crippen LogP contribution in [-0.4, -0.2) is 21.0 Å². The lowest BCUT2D eigenvalue weighted by atomic mass is 9.66. The number of nitriles is 1. The van der Waals surface area contributed by atoms with Crippen molar-refractivity contribution in [1.29, 1.82) is 5.26 Å². The second-order valence-electron chi connectivity index (χ2n) is 4.87. The summed E-state index contributed by atoms with van der Waals surface area (Å²) in [7, 11) is 0. The summed E-state index contributed by atoms with van der Waals surface area (Å²) in [4.78, 5) is 3.64. The van der Waals surface area contributed by atoms with Gasteiger partial charge in [-0.1, -0.05) is 6.42 Å². The number of alkyl halides is 2. The van der Waals surface area contributed by atoms with Crippen molar-refractivity contribution >= 4 is 11.5 Å². The van der Waals surface area contributed by atoms with E-state index in [0.717, 1.165) is 10.7 Å². The number of anilines is 1. The molecule has 0 amide bonds. The van der Waals surface area contributed by atoms with Crippen LogP contribution in [0.15, 0.2) is 6.20 Å². The summed E-state index contributed by atoms with van der Waals surface area (Å²) in [5, 5.41) is 12.9. The fourth-order valence-corrected chi connectivity index (χ4v) is 2.70. The molecule has 2 N–H and O–H groups in total. The van der Waals surface area contributed by atoms with Gasteiger partial charge in [-0.05, 0) is 12.8 Å². The first-order valence-corrected chi connectivity index (χ1v) is 6.02. The van der Waals surface area contributed by atoms with Gasteiger partial charge < -0.3 is 5.73 Å². The van der Waals surface area contributed by atoms with Crippen molar-refractivity contribution in [2.45, 2.75) is 31.1 Å². The van der Waals surface area contributed by atoms with Crippen LogP contribution in [-0.2, 0) is 5.41 Å². The van der Waals surface area contributed by atoms with Gasteiger partial charge in [0.15, 0.2) is 5.82 Å². The molecule has 0 saturated heterocycles. The second-order valence-corrected chi connectivity index (χ2v) is 4.87. The molecular formula is C12H10F3N5. The standard InChI is InChI=1S/C12H10F3N5/c13-8-6(4-16)9(12(10(14)15)2-1-3-12)20-7(8)5-18-11(17)19-20/h5,10H,1-3H2,(H2,17,19). The topological polar surface area (TPSA) is 80.0 Å². The number of nitrogen functional groups attached to an aromatic ring is 1. The van der Waals surface area contributed by atoms with Crippen LogP contribution < -0.4 is 5.73 Å². The molecule has 0 atom stereocenters. The van der Waals surface area contributed by atoms with Crippen LogP contribution in [0.5, 0.6) is 0 Å². The number of rotatable bonds is 2. The molecule has 1 saturated carbocycles. The molecule has 2 aromatic heterocycles. The highest BCUT2D eigenvalue weighted by molar-refractivity contribution is 5.59. The van der Waals surface area contributed by atoms with Gasteiger partial charge in [0.05, 0.1) is 17.3 Å². The van der Waals surface area contributed by atoms with E-state index in [-0.39, 0.29) is 30.0 Å². The number of hydrogen-bond acceptors (Lipinski definition) is 4. The number of hydrogen-bond donors (Lipinski definition) is 1. The normalized spacial score (nSPS) is 17.1. The van der Waals surface area contributed by atoms with E-state index in [1.165, 1.54) is 0 Å². The van der Waals surface area contributed by atoms with E-state index in [9.17, 15) is 13.2 Å². The molecule has 20 heavy (non-hydrogen) atoms. The Bertz CT molecular complexity index is 727. The zero-order valence-electron chi connectivity index (χ0n) is 10.3. The molecule has 2 aromatic rings. The molecule has 0 aliphatic heterocycles. The van der Waals surface area contributed by atoms with E-state index >= 15 is 0 Å². The lowest BCUT2D eigenvalue weighted by Gasteiger charge is -2.40. The number of aromatic nitrogens is 3. The molecule has 5 nitrogen and oxygen atoms in total. The summed E-state index contributed by atoms with van der Waals surface area (Å²) in [5.74, 6) is -1.04. The molecule has 0 aromatic carbocycles. The molecule has 2 heterocycles. The van der Waals surface area contributed by atoms with Gasteiger partial charge >= 0.3 is 0 Å². The Morgan fingerprint density at radius 2 is 2.15 bits per heavy atom. The fourth-order valence-electron chi connectivity index (χ4n) is 2.70. The quantitative estimate of drug-likeness (QED) is 0.913. The number of fused-ring (bicyclic) bond motifs is 1. The van der Waals surface area contributed by atoms with Crippen LogP contribution in [0.3, 0.4) is 0 Å². The maximum Gasteiger partial charge on any atom is 0.249 e. The molecular weight excluding hydrogens is 271 g/mol. The molecule has 0 radical (unpaired) electrons. The Morgan fingerprint density at radius 1 is 1.45 bits per heavy atom. The fraction of sp³-hybridized carbons (Fsp3) is 0.417. The highest BCUT2D eigenvalue weighted by Crippen LogP contribution is 2.50. The van der Waals surface area contributed by atoms with Crippen LogP contribution in [0.25, 0.3) is 5.52 Å². The average Bonchev–Trinajstić information content (AvgIpc) is 2.61. The molecule has 0 bridgehead atoms. The van der Waals surface area contributed by atoms with Gasteiger partial charge in [0.25, 0.3) is 0 Å². The van der Waals surface area contributed by atoms with Gasteiger partial charge in [-0.3, -0.25) is 0 Å². The van der Waals surface area contributed by atoms with Gasteiger partial charge in [-0.2, -0.15) is 5.26 Å². The minimum atomic E-state index is -2.70. The SMILES string of the molecule is N#Cc1c(F)c2cnc(N)nn2c1C1(C(F)F)CCC1. The van der Waals surface area contributed by atoms with Crippen molar-refractivity contribution in [2.75, 3.05) is 5.73 Å². The summed E-state index contributed by atoms with van der Waals surface area (Å²) in [6.45, 7) is 0. The molecule has 104 valence electrons. The zero-order valence-corrected chi connectivity index (χ0v) is 10.3. The van der Waals surface area contributed by atoms with Crippen LogP contribution >= 0.6 is 0 Å². The highest BCUT2D eigenvalue weighted by Gasteiger charge is 2.51. The summed E-state index contributed by atoms with van der Waals surface area (Å²) in [6.07, 6.45) is -0.620. The van der Waals surface area contributed by atoms with Gasteiger partial charge in [-0.15, -0.1) is 5.10 Å². The summed E-state index contributed by atoms with van der Waals surface area (Å²) in [5.41, 5.74) is 3.30. The van der Waals surface area contributed by atoms with Crippen LogP contribution in [0.2, 0.25) is 0 Å². The van der Waals surface area contributed by atoms with E-state index in [2.05, 4.69) is 10.1 Å². The first-order valence-electron chi connectivity index (χ1n) is 6.02. The molecule has 0 unspecified atom stereocenters. The average molecular weight is 281 g/mol. The van der Waals surface area contributed by atoms with Crippen LogP contribution in [0.1, 0.15) is 30.5 Å². The lowest BCUT2D eigenvalue weighted by Crippen LogP contribution is -2.43. The van der Waals surface area contributed by atoms with E-state index in [1.807, 2.05) is 0 Å². The Hall–Kier alpha value is -2.30. The van der Waals surface area contributed by atoms with Crippen molar-refractivity contribution in [3.63, 3.8) is 0 Å². The summed E-state index contributed by atoms with van der Waals surface area (Å²) < 4.78 is 42.1. The van der Waals surface area contributed by atoms with E-state index in [1.54, 1.807) is 6.07 Å². The maximum absolute atomic E-state index is 14.2. The minimum absolute atomic E-state index is 0.0946. The van der Waals surface area contributed by atoms with Crippen molar-refractivity contribution in [2.24, 2.45) is 0 Å². The number of nitrogens with two attached hydrogens (primary N) is 1. The van der Waals surface area contributed by atoms with Crippen molar-refractivity contribution in [3.05, 3.63) is 23.3 Å². The highest BCUT2D eigenvalue weighted by atomic mass is 19.3. The molecule has 8 heteroatoms. The van der Waals surface area contributed by atoms with Crippen molar-refractivity contribution in [1.82, 2.24) is 14.6 Å². The molecule has 1 aliphatic carbocycles. The lowest BCUT2D eigenvalue weighted by molar-refractivity contribution is -0.00307. The molecule has 3 rings (SSSR count). The van der Waals surface area contributed by atoms with Crippen molar-refractivity contribution < 1.29 is 13.2 Å².